The van der Waals surface area contributed by atoms with Gasteiger partial charge in [-0.05, 0) is 94.6 Å². The van der Waals surface area contributed by atoms with Crippen molar-refractivity contribution in [3.63, 3.8) is 0 Å². The quantitative estimate of drug-likeness (QED) is 0.304. The van der Waals surface area contributed by atoms with Crippen molar-refractivity contribution in [1.82, 2.24) is 14.8 Å². The molecule has 1 aromatic heterocycles. The molecule has 2 fully saturated rings. The number of sulfone groups is 1. The number of nitrogens with one attached hydrogen (secondary N) is 2. The number of benzene rings is 2. The Labute approximate surface area is 262 Å². The maximum absolute atomic E-state index is 13.8. The first-order valence-corrected chi connectivity index (χ1v) is 17.0. The SMILES string of the molecule is Cc1[nH]c(C=C2C(=O)Nc3ccc(S(=O)(=O)Cc4c(Cl)cccc4Cl)cc32)c(C)c1C(=O)N1CCC[C@H]1CN1CCCC1. The van der Waals surface area contributed by atoms with Gasteiger partial charge < -0.3 is 20.1 Å². The van der Waals surface area contributed by atoms with Gasteiger partial charge in [0.05, 0.1) is 21.8 Å². The van der Waals surface area contributed by atoms with Crippen molar-refractivity contribution in [3.8, 4) is 0 Å². The summed E-state index contributed by atoms with van der Waals surface area (Å²) in [5, 5.41) is 3.37. The fourth-order valence-electron chi connectivity index (χ4n) is 6.53. The molecule has 0 radical (unpaired) electrons. The fraction of sp³-hybridized carbons (Fsp3) is 0.375. The maximum atomic E-state index is 13.8. The number of rotatable bonds is 7. The Bertz CT molecular complexity index is 1740. The largest absolute Gasteiger partial charge is 0.358 e. The van der Waals surface area contributed by atoms with Gasteiger partial charge in [-0.25, -0.2) is 8.42 Å². The molecular formula is C32H34Cl2N4O4S. The number of H-pyrrole nitrogens is 1. The fourth-order valence-corrected chi connectivity index (χ4v) is 8.65. The van der Waals surface area contributed by atoms with Crippen LogP contribution in [0.1, 0.15) is 64.1 Å². The molecule has 8 nitrogen and oxygen atoms in total. The number of nitrogens with zero attached hydrogens (tertiary/aromatic N) is 2. The number of anilines is 1. The van der Waals surface area contributed by atoms with Gasteiger partial charge in [0.15, 0.2) is 9.84 Å². The third kappa shape index (κ3) is 5.76. The summed E-state index contributed by atoms with van der Waals surface area (Å²) in [6, 6.07) is 9.62. The molecule has 2 aromatic carbocycles. The first kappa shape index (κ1) is 29.9. The lowest BCUT2D eigenvalue weighted by Gasteiger charge is -2.28. The van der Waals surface area contributed by atoms with Crippen molar-refractivity contribution >= 4 is 62.2 Å². The lowest BCUT2D eigenvalue weighted by Crippen LogP contribution is -2.42. The predicted octanol–water partition coefficient (Wildman–Crippen LogP) is 6.11. The van der Waals surface area contributed by atoms with Crippen LogP contribution in [-0.2, 0) is 20.4 Å². The summed E-state index contributed by atoms with van der Waals surface area (Å²) in [6.07, 6.45) is 6.14. The van der Waals surface area contributed by atoms with Crippen molar-refractivity contribution in [3.05, 3.63) is 80.1 Å². The molecule has 0 aliphatic carbocycles. The average molecular weight is 642 g/mol. The number of likely N-dealkylation sites (tertiary alicyclic amines) is 2. The van der Waals surface area contributed by atoms with E-state index in [9.17, 15) is 18.0 Å². The number of halogens is 2. The van der Waals surface area contributed by atoms with E-state index in [-0.39, 0.29) is 38.5 Å². The zero-order chi connectivity index (χ0) is 30.5. The minimum atomic E-state index is -3.84. The number of aromatic nitrogens is 1. The van der Waals surface area contributed by atoms with Gasteiger partial charge in [-0.1, -0.05) is 29.3 Å². The van der Waals surface area contributed by atoms with Gasteiger partial charge in [-0.3, -0.25) is 9.59 Å². The number of fused-ring (bicyclic) bond motifs is 1. The van der Waals surface area contributed by atoms with Crippen LogP contribution in [0.4, 0.5) is 5.69 Å². The van der Waals surface area contributed by atoms with E-state index < -0.39 is 9.84 Å². The molecule has 2 saturated heterocycles. The van der Waals surface area contributed by atoms with Gasteiger partial charge >= 0.3 is 0 Å². The summed E-state index contributed by atoms with van der Waals surface area (Å²) in [4.78, 5) is 34.7. The van der Waals surface area contributed by atoms with E-state index in [0.717, 1.165) is 50.3 Å². The van der Waals surface area contributed by atoms with Crippen LogP contribution in [0.15, 0.2) is 41.3 Å². The van der Waals surface area contributed by atoms with Gasteiger partial charge in [-0.15, -0.1) is 0 Å². The highest BCUT2D eigenvalue weighted by Crippen LogP contribution is 2.37. The molecular weight excluding hydrogens is 607 g/mol. The van der Waals surface area contributed by atoms with Crippen molar-refractivity contribution in [1.29, 1.82) is 0 Å². The molecule has 0 unspecified atom stereocenters. The van der Waals surface area contributed by atoms with Gasteiger partial charge in [0.2, 0.25) is 0 Å². The minimum Gasteiger partial charge on any atom is -0.358 e. The number of hydrogen-bond acceptors (Lipinski definition) is 5. The third-order valence-electron chi connectivity index (χ3n) is 8.81. The Hall–Kier alpha value is -3.11. The number of aryl methyl sites for hydroxylation is 1. The maximum Gasteiger partial charge on any atom is 0.256 e. The molecule has 0 bridgehead atoms. The smallest absolute Gasteiger partial charge is 0.256 e. The Kier molecular flexibility index (Phi) is 8.19. The molecule has 1 atom stereocenters. The predicted molar refractivity (Wildman–Crippen MR) is 170 cm³/mol. The summed E-state index contributed by atoms with van der Waals surface area (Å²) in [5.41, 5.74) is 4.42. The highest BCUT2D eigenvalue weighted by molar-refractivity contribution is 7.90. The van der Waals surface area contributed by atoms with E-state index in [1.54, 1.807) is 30.3 Å². The molecule has 226 valence electrons. The number of aromatic amines is 1. The first-order chi connectivity index (χ1) is 20.5. The van der Waals surface area contributed by atoms with E-state index in [0.29, 0.717) is 33.6 Å². The molecule has 2 N–H and O–H groups in total. The lowest BCUT2D eigenvalue weighted by atomic mass is 10.0. The number of amides is 2. The van der Waals surface area contributed by atoms with Crippen LogP contribution in [-0.4, -0.2) is 67.2 Å². The zero-order valence-corrected chi connectivity index (χ0v) is 26.5. The second-order valence-electron chi connectivity index (χ2n) is 11.6. The van der Waals surface area contributed by atoms with E-state index in [1.807, 2.05) is 18.7 Å². The molecule has 43 heavy (non-hydrogen) atoms. The third-order valence-corrected chi connectivity index (χ3v) is 11.2. The van der Waals surface area contributed by atoms with Crippen molar-refractivity contribution < 1.29 is 18.0 Å². The van der Waals surface area contributed by atoms with Gasteiger partial charge in [0.25, 0.3) is 11.8 Å². The normalized spacial score (nSPS) is 19.8. The Balaban J connectivity index is 1.29. The summed E-state index contributed by atoms with van der Waals surface area (Å²) < 4.78 is 26.8. The molecule has 3 aliphatic heterocycles. The molecule has 3 aliphatic rings. The van der Waals surface area contributed by atoms with Crippen LogP contribution < -0.4 is 5.32 Å². The van der Waals surface area contributed by atoms with Gasteiger partial charge in [0.1, 0.15) is 0 Å². The van der Waals surface area contributed by atoms with Crippen LogP contribution in [0.2, 0.25) is 10.0 Å². The Morgan fingerprint density at radius 2 is 1.77 bits per heavy atom. The van der Waals surface area contributed by atoms with E-state index in [4.69, 9.17) is 23.2 Å². The van der Waals surface area contributed by atoms with Crippen molar-refractivity contribution in [2.75, 3.05) is 31.5 Å². The molecule has 3 aromatic rings. The summed E-state index contributed by atoms with van der Waals surface area (Å²) in [5.74, 6) is -0.704. The highest BCUT2D eigenvalue weighted by atomic mass is 35.5. The number of hydrogen-bond donors (Lipinski definition) is 2. The Morgan fingerprint density at radius 1 is 1.05 bits per heavy atom. The van der Waals surface area contributed by atoms with Crippen LogP contribution in [0.25, 0.3) is 11.6 Å². The average Bonchev–Trinajstić information content (AvgIpc) is 3.75. The molecule has 6 rings (SSSR count). The van der Waals surface area contributed by atoms with E-state index >= 15 is 0 Å². The van der Waals surface area contributed by atoms with Gasteiger partial charge in [0, 0.05) is 57.4 Å². The summed E-state index contributed by atoms with van der Waals surface area (Å²) in [7, 11) is -3.84. The molecule has 0 spiro atoms. The van der Waals surface area contributed by atoms with Crippen LogP contribution in [0.5, 0.6) is 0 Å². The molecule has 2 amide bonds. The van der Waals surface area contributed by atoms with Crippen LogP contribution in [0, 0.1) is 13.8 Å². The van der Waals surface area contributed by atoms with Crippen molar-refractivity contribution in [2.24, 2.45) is 0 Å². The Morgan fingerprint density at radius 3 is 2.49 bits per heavy atom. The van der Waals surface area contributed by atoms with Gasteiger partial charge in [-0.2, -0.15) is 0 Å². The molecule has 11 heteroatoms. The summed E-state index contributed by atoms with van der Waals surface area (Å²) >= 11 is 12.5. The topological polar surface area (TPSA) is 103 Å². The van der Waals surface area contributed by atoms with Crippen LogP contribution in [0.3, 0.4) is 0 Å². The molecule has 4 heterocycles. The minimum absolute atomic E-state index is 0.0143. The van der Waals surface area contributed by atoms with Crippen molar-refractivity contribution in [2.45, 2.75) is 56.2 Å². The second-order valence-corrected chi connectivity index (χ2v) is 14.4. The first-order valence-electron chi connectivity index (χ1n) is 14.6. The van der Waals surface area contributed by atoms with E-state index in [2.05, 4.69) is 15.2 Å². The lowest BCUT2D eigenvalue weighted by molar-refractivity contribution is -0.110. The zero-order valence-electron chi connectivity index (χ0n) is 24.2. The number of carbonyl (C=O) groups is 2. The second kappa shape index (κ2) is 11.8. The standard InChI is InChI=1S/C32H34Cl2N4O4S/c1-19-29(35-20(2)30(19)32(40)38-14-6-7-21(38)17-37-12-3-4-13-37)16-24-23-15-22(10-11-28(23)36-31(24)39)43(41,42)18-25-26(33)8-5-9-27(25)34/h5,8-11,15-16,21,35H,3-4,6-7,12-14,17-18H2,1-2H3,(H,36,39)/t21-/m0/s1. The van der Waals surface area contributed by atoms with E-state index in [1.165, 1.54) is 25.0 Å². The summed E-state index contributed by atoms with van der Waals surface area (Å²) in [6.45, 7) is 7.61. The highest BCUT2D eigenvalue weighted by Gasteiger charge is 2.34. The number of carbonyl (C=O) groups excluding carboxylic acids is 2. The van der Waals surface area contributed by atoms with Crippen LogP contribution >= 0.6 is 23.2 Å². The monoisotopic (exact) mass is 640 g/mol. The molecule has 0 saturated carbocycles.